The van der Waals surface area contributed by atoms with Crippen molar-refractivity contribution in [1.29, 1.82) is 0 Å². The topological polar surface area (TPSA) is 56.9 Å². The van der Waals surface area contributed by atoms with Crippen molar-refractivity contribution in [2.45, 2.75) is 4.90 Å². The molecule has 0 bridgehead atoms. The zero-order chi connectivity index (χ0) is 18.6. The molecule has 1 heterocycles. The van der Waals surface area contributed by atoms with Crippen molar-refractivity contribution in [2.75, 3.05) is 16.9 Å². The molecule has 0 aliphatic carbocycles. The van der Waals surface area contributed by atoms with Gasteiger partial charge < -0.3 is 15.6 Å². The van der Waals surface area contributed by atoms with Gasteiger partial charge in [0.1, 0.15) is 0 Å². The average molecular weight is 373 g/mol. The molecule has 0 aliphatic rings. The second-order valence-corrected chi connectivity index (χ2v) is 6.98. The number of benzene rings is 3. The maximum Gasteiger partial charge on any atom is 0.323 e. The standard InChI is InChI=1S/C22H19N3OS/c1-27-17-11-7-10-16(14-17)23-22(26)25-21-18-12-5-6-13-19(18)24-20(21)15-8-3-2-4-9-15/h2-14,24H,1H3,(H2,23,25,26). The number of aromatic amines is 1. The number of H-pyrrole nitrogens is 1. The van der Waals surface area contributed by atoms with E-state index in [-0.39, 0.29) is 6.03 Å². The third-order valence-corrected chi connectivity index (χ3v) is 5.06. The Kier molecular flexibility index (Phi) is 4.85. The number of hydrogen-bond acceptors (Lipinski definition) is 2. The zero-order valence-electron chi connectivity index (χ0n) is 14.8. The summed E-state index contributed by atoms with van der Waals surface area (Å²) in [5.41, 5.74) is 4.44. The lowest BCUT2D eigenvalue weighted by Crippen LogP contribution is -2.19. The number of hydrogen-bond donors (Lipinski definition) is 3. The van der Waals surface area contributed by atoms with Crippen molar-refractivity contribution in [2.24, 2.45) is 0 Å². The molecule has 134 valence electrons. The van der Waals surface area contributed by atoms with E-state index in [1.165, 1.54) is 0 Å². The molecule has 1 aromatic heterocycles. The van der Waals surface area contributed by atoms with Gasteiger partial charge in [0, 0.05) is 27.0 Å². The maximum absolute atomic E-state index is 12.7. The van der Waals surface area contributed by atoms with Crippen LogP contribution in [0.25, 0.3) is 22.2 Å². The first-order valence-electron chi connectivity index (χ1n) is 8.63. The predicted octanol–water partition coefficient (Wildman–Crippen LogP) is 6.20. The average Bonchev–Trinajstić information content (AvgIpc) is 3.07. The molecule has 0 atom stereocenters. The molecule has 0 spiro atoms. The van der Waals surface area contributed by atoms with Gasteiger partial charge in [-0.15, -0.1) is 11.8 Å². The number of fused-ring (bicyclic) bond motifs is 1. The molecule has 3 aromatic carbocycles. The molecule has 2 amide bonds. The van der Waals surface area contributed by atoms with Gasteiger partial charge in [-0.05, 0) is 30.5 Å². The molecule has 0 saturated carbocycles. The highest BCUT2D eigenvalue weighted by atomic mass is 32.2. The fraction of sp³-hybridized carbons (Fsp3) is 0.0455. The number of amides is 2. The van der Waals surface area contributed by atoms with Crippen LogP contribution in [0, 0.1) is 0 Å². The van der Waals surface area contributed by atoms with Gasteiger partial charge in [-0.3, -0.25) is 0 Å². The molecule has 0 aliphatic heterocycles. The van der Waals surface area contributed by atoms with Crippen LogP contribution in [0.3, 0.4) is 0 Å². The van der Waals surface area contributed by atoms with Crippen LogP contribution in [0.15, 0.2) is 83.8 Å². The monoisotopic (exact) mass is 373 g/mol. The van der Waals surface area contributed by atoms with Crippen LogP contribution in [0.2, 0.25) is 0 Å². The first-order chi connectivity index (χ1) is 13.2. The van der Waals surface area contributed by atoms with E-state index in [9.17, 15) is 4.79 Å². The van der Waals surface area contributed by atoms with Crippen molar-refractivity contribution >= 4 is 40.1 Å². The van der Waals surface area contributed by atoms with Gasteiger partial charge in [0.05, 0.1) is 11.4 Å². The van der Waals surface area contributed by atoms with Crippen molar-refractivity contribution in [3.05, 3.63) is 78.9 Å². The Labute approximate surface area is 162 Å². The highest BCUT2D eigenvalue weighted by Gasteiger charge is 2.15. The summed E-state index contributed by atoms with van der Waals surface area (Å²) in [5, 5.41) is 6.93. The smallest absolute Gasteiger partial charge is 0.323 e. The number of para-hydroxylation sites is 1. The minimum absolute atomic E-state index is 0.268. The summed E-state index contributed by atoms with van der Waals surface area (Å²) in [6, 6.07) is 25.5. The summed E-state index contributed by atoms with van der Waals surface area (Å²) < 4.78 is 0. The number of nitrogens with one attached hydrogen (secondary N) is 3. The largest absolute Gasteiger partial charge is 0.353 e. The van der Waals surface area contributed by atoms with Crippen molar-refractivity contribution < 1.29 is 4.79 Å². The van der Waals surface area contributed by atoms with E-state index in [1.54, 1.807) is 11.8 Å². The number of urea groups is 1. The van der Waals surface area contributed by atoms with E-state index in [0.29, 0.717) is 0 Å². The van der Waals surface area contributed by atoms with E-state index in [2.05, 4.69) is 15.6 Å². The number of anilines is 2. The third-order valence-electron chi connectivity index (χ3n) is 4.33. The fourth-order valence-corrected chi connectivity index (χ4v) is 3.53. The summed E-state index contributed by atoms with van der Waals surface area (Å²) in [6.07, 6.45) is 2.01. The SMILES string of the molecule is CSc1cccc(NC(=O)Nc2c(-c3ccccc3)[nH]c3ccccc23)c1. The molecule has 0 saturated heterocycles. The highest BCUT2D eigenvalue weighted by Crippen LogP contribution is 2.35. The Bertz CT molecular complexity index is 1090. The Morgan fingerprint density at radius 3 is 2.48 bits per heavy atom. The molecule has 4 nitrogen and oxygen atoms in total. The molecule has 5 heteroatoms. The van der Waals surface area contributed by atoms with Gasteiger partial charge in [0.2, 0.25) is 0 Å². The van der Waals surface area contributed by atoms with E-state index in [0.717, 1.165) is 38.4 Å². The number of rotatable bonds is 4. The molecule has 0 fully saturated rings. The molecule has 0 radical (unpaired) electrons. The fourth-order valence-electron chi connectivity index (χ4n) is 3.07. The Morgan fingerprint density at radius 2 is 1.67 bits per heavy atom. The molecule has 27 heavy (non-hydrogen) atoms. The van der Waals surface area contributed by atoms with Crippen molar-refractivity contribution in [1.82, 2.24) is 4.98 Å². The quantitative estimate of drug-likeness (QED) is 0.373. The Hall–Kier alpha value is -3.18. The van der Waals surface area contributed by atoms with Crippen molar-refractivity contribution in [3.63, 3.8) is 0 Å². The third kappa shape index (κ3) is 3.68. The van der Waals surface area contributed by atoms with Crippen LogP contribution in [0.1, 0.15) is 0 Å². The van der Waals surface area contributed by atoms with Crippen LogP contribution < -0.4 is 10.6 Å². The molecular formula is C22H19N3OS. The summed E-state index contributed by atoms with van der Waals surface area (Å²) in [6.45, 7) is 0. The van der Waals surface area contributed by atoms with Crippen LogP contribution in [0.4, 0.5) is 16.2 Å². The second-order valence-electron chi connectivity index (χ2n) is 6.10. The van der Waals surface area contributed by atoms with Crippen molar-refractivity contribution in [3.8, 4) is 11.3 Å². The summed E-state index contributed by atoms with van der Waals surface area (Å²) in [4.78, 5) is 17.2. The number of carbonyl (C=O) groups is 1. The first-order valence-corrected chi connectivity index (χ1v) is 9.85. The summed E-state index contributed by atoms with van der Waals surface area (Å²) in [7, 11) is 0. The molecule has 3 N–H and O–H groups in total. The predicted molar refractivity (Wildman–Crippen MR) is 115 cm³/mol. The van der Waals surface area contributed by atoms with Gasteiger partial charge in [0.15, 0.2) is 0 Å². The van der Waals surface area contributed by atoms with E-state index in [1.807, 2.05) is 85.1 Å². The minimum atomic E-state index is -0.268. The van der Waals surface area contributed by atoms with Gasteiger partial charge in [-0.2, -0.15) is 0 Å². The summed E-state index contributed by atoms with van der Waals surface area (Å²) in [5.74, 6) is 0. The van der Waals surface area contributed by atoms with Gasteiger partial charge in [-0.1, -0.05) is 54.6 Å². The molecule has 0 unspecified atom stereocenters. The number of thioether (sulfide) groups is 1. The van der Waals surface area contributed by atoms with Crippen LogP contribution >= 0.6 is 11.8 Å². The van der Waals surface area contributed by atoms with Crippen LogP contribution in [-0.2, 0) is 0 Å². The second kappa shape index (κ2) is 7.60. The minimum Gasteiger partial charge on any atom is -0.353 e. The molecule has 4 aromatic rings. The van der Waals surface area contributed by atoms with Crippen LogP contribution in [0.5, 0.6) is 0 Å². The normalized spacial score (nSPS) is 10.7. The zero-order valence-corrected chi connectivity index (χ0v) is 15.6. The first kappa shape index (κ1) is 17.2. The van der Waals surface area contributed by atoms with E-state index in [4.69, 9.17) is 0 Å². The molecular weight excluding hydrogens is 354 g/mol. The van der Waals surface area contributed by atoms with Gasteiger partial charge >= 0.3 is 6.03 Å². The maximum atomic E-state index is 12.7. The molecule has 4 rings (SSSR count). The lowest BCUT2D eigenvalue weighted by atomic mass is 10.1. The van der Waals surface area contributed by atoms with Gasteiger partial charge in [-0.25, -0.2) is 4.79 Å². The summed E-state index contributed by atoms with van der Waals surface area (Å²) >= 11 is 1.64. The van der Waals surface area contributed by atoms with E-state index < -0.39 is 0 Å². The Balaban J connectivity index is 1.67. The number of carbonyl (C=O) groups excluding carboxylic acids is 1. The van der Waals surface area contributed by atoms with Crippen LogP contribution in [-0.4, -0.2) is 17.3 Å². The lowest BCUT2D eigenvalue weighted by Gasteiger charge is -2.10. The Morgan fingerprint density at radius 1 is 0.889 bits per heavy atom. The number of aromatic nitrogens is 1. The lowest BCUT2D eigenvalue weighted by molar-refractivity contribution is 0.262. The van der Waals surface area contributed by atoms with Gasteiger partial charge in [0.25, 0.3) is 0 Å². The highest BCUT2D eigenvalue weighted by molar-refractivity contribution is 7.98. The van der Waals surface area contributed by atoms with E-state index >= 15 is 0 Å².